The standard InChI is InChI=1S/C10H10N2O2/c1-7-2-3-9(11-5-7)12-6-8(13)4-10(12)14/h2-3,5H,4,6H2,1H3. The number of hydrogen-bond donors (Lipinski definition) is 0. The second-order valence-electron chi connectivity index (χ2n) is 3.39. The summed E-state index contributed by atoms with van der Waals surface area (Å²) < 4.78 is 0. The highest BCUT2D eigenvalue weighted by atomic mass is 16.2. The molecule has 0 unspecified atom stereocenters. The number of aromatic nitrogens is 1. The summed E-state index contributed by atoms with van der Waals surface area (Å²) in [5, 5.41) is 0. The van der Waals surface area contributed by atoms with E-state index in [1.807, 2.05) is 13.0 Å². The fourth-order valence-electron chi connectivity index (χ4n) is 1.41. The van der Waals surface area contributed by atoms with Crippen LogP contribution in [0.2, 0.25) is 0 Å². The van der Waals surface area contributed by atoms with Gasteiger partial charge >= 0.3 is 0 Å². The highest BCUT2D eigenvalue weighted by Gasteiger charge is 2.29. The molecule has 2 heterocycles. The van der Waals surface area contributed by atoms with Crippen LogP contribution in [0.1, 0.15) is 12.0 Å². The molecule has 4 heteroatoms. The molecule has 0 atom stereocenters. The van der Waals surface area contributed by atoms with E-state index < -0.39 is 0 Å². The molecule has 1 saturated heterocycles. The third kappa shape index (κ3) is 1.51. The molecule has 1 aromatic rings. The number of rotatable bonds is 1. The van der Waals surface area contributed by atoms with Crippen molar-refractivity contribution in [2.24, 2.45) is 0 Å². The lowest BCUT2D eigenvalue weighted by Gasteiger charge is -2.12. The molecule has 72 valence electrons. The molecule has 0 bridgehead atoms. The van der Waals surface area contributed by atoms with Gasteiger partial charge in [-0.25, -0.2) is 4.98 Å². The number of amides is 1. The van der Waals surface area contributed by atoms with Gasteiger partial charge in [0.15, 0.2) is 5.78 Å². The fourth-order valence-corrected chi connectivity index (χ4v) is 1.41. The van der Waals surface area contributed by atoms with Crippen LogP contribution < -0.4 is 4.90 Å². The molecule has 0 spiro atoms. The summed E-state index contributed by atoms with van der Waals surface area (Å²) in [5.74, 6) is 0.357. The first-order valence-corrected chi connectivity index (χ1v) is 4.41. The molecule has 0 N–H and O–H groups in total. The van der Waals surface area contributed by atoms with Crippen LogP contribution >= 0.6 is 0 Å². The number of hydrogen-bond acceptors (Lipinski definition) is 3. The van der Waals surface area contributed by atoms with Crippen LogP contribution in [0.5, 0.6) is 0 Å². The normalized spacial score (nSPS) is 16.5. The van der Waals surface area contributed by atoms with Crippen molar-refractivity contribution in [2.45, 2.75) is 13.3 Å². The number of Topliss-reactive ketones (excluding diaryl/α,β-unsaturated/α-hetero) is 1. The smallest absolute Gasteiger partial charge is 0.236 e. The minimum absolute atomic E-state index is 0.00948. The van der Waals surface area contributed by atoms with Crippen molar-refractivity contribution in [2.75, 3.05) is 11.4 Å². The molecule has 4 nitrogen and oxygen atoms in total. The van der Waals surface area contributed by atoms with Gasteiger partial charge < -0.3 is 0 Å². The summed E-state index contributed by atoms with van der Waals surface area (Å²) in [6, 6.07) is 3.63. The molecule has 2 rings (SSSR count). The van der Waals surface area contributed by atoms with E-state index in [0.29, 0.717) is 5.82 Å². The molecule has 0 aromatic carbocycles. The van der Waals surface area contributed by atoms with E-state index >= 15 is 0 Å². The first-order chi connectivity index (χ1) is 6.66. The number of carbonyl (C=O) groups excluding carboxylic acids is 2. The minimum atomic E-state index is -0.161. The Bertz CT molecular complexity index is 384. The Hall–Kier alpha value is -1.71. The summed E-state index contributed by atoms with van der Waals surface area (Å²) in [6.07, 6.45) is 1.70. The molecule has 1 aliphatic rings. The Kier molecular flexibility index (Phi) is 2.04. The lowest BCUT2D eigenvalue weighted by molar-refractivity contribution is -0.121. The van der Waals surface area contributed by atoms with Crippen LogP contribution in [0.15, 0.2) is 18.3 Å². The van der Waals surface area contributed by atoms with E-state index in [1.54, 1.807) is 12.3 Å². The highest BCUT2D eigenvalue weighted by Crippen LogP contribution is 2.16. The molecule has 0 radical (unpaired) electrons. The quantitative estimate of drug-likeness (QED) is 0.612. The Balaban J connectivity index is 2.27. The van der Waals surface area contributed by atoms with Gasteiger partial charge in [0, 0.05) is 6.20 Å². The van der Waals surface area contributed by atoms with Crippen molar-refractivity contribution in [3.8, 4) is 0 Å². The average molecular weight is 190 g/mol. The lowest BCUT2D eigenvalue weighted by atomic mass is 10.3. The van der Waals surface area contributed by atoms with Crippen LogP contribution in [0.3, 0.4) is 0 Å². The van der Waals surface area contributed by atoms with Crippen molar-refractivity contribution in [3.63, 3.8) is 0 Å². The number of ketones is 1. The number of aryl methyl sites for hydroxylation is 1. The summed E-state index contributed by atoms with van der Waals surface area (Å²) in [7, 11) is 0. The van der Waals surface area contributed by atoms with E-state index in [0.717, 1.165) is 5.56 Å². The van der Waals surface area contributed by atoms with Gasteiger partial charge in [0.05, 0.1) is 13.0 Å². The Morgan fingerprint density at radius 3 is 2.64 bits per heavy atom. The van der Waals surface area contributed by atoms with E-state index in [1.165, 1.54) is 4.90 Å². The largest absolute Gasteiger partial charge is 0.297 e. The molecule has 1 aliphatic heterocycles. The van der Waals surface area contributed by atoms with Crippen LogP contribution in [0.25, 0.3) is 0 Å². The maximum absolute atomic E-state index is 11.3. The molecule has 0 aliphatic carbocycles. The van der Waals surface area contributed by atoms with Crippen molar-refractivity contribution < 1.29 is 9.59 Å². The third-order valence-electron chi connectivity index (χ3n) is 2.16. The summed E-state index contributed by atoms with van der Waals surface area (Å²) in [4.78, 5) is 27.9. The summed E-state index contributed by atoms with van der Waals surface area (Å²) in [6.45, 7) is 2.09. The molecule has 0 saturated carbocycles. The summed E-state index contributed by atoms with van der Waals surface area (Å²) >= 11 is 0. The number of pyridine rings is 1. The van der Waals surface area contributed by atoms with Gasteiger partial charge in [0.25, 0.3) is 0 Å². The van der Waals surface area contributed by atoms with Gasteiger partial charge in [-0.05, 0) is 18.6 Å². The molecule has 1 fully saturated rings. The zero-order valence-corrected chi connectivity index (χ0v) is 7.86. The second kappa shape index (κ2) is 3.21. The molecular weight excluding hydrogens is 180 g/mol. The first kappa shape index (κ1) is 8.87. The van der Waals surface area contributed by atoms with Crippen LogP contribution in [-0.2, 0) is 9.59 Å². The number of anilines is 1. The van der Waals surface area contributed by atoms with E-state index in [-0.39, 0.29) is 24.7 Å². The van der Waals surface area contributed by atoms with Gasteiger partial charge in [0.2, 0.25) is 5.91 Å². The van der Waals surface area contributed by atoms with Crippen LogP contribution in [0, 0.1) is 6.92 Å². The highest BCUT2D eigenvalue weighted by molar-refractivity contribution is 6.14. The predicted octanol–water partition coefficient (Wildman–Crippen LogP) is 0.696. The monoisotopic (exact) mass is 190 g/mol. The SMILES string of the molecule is Cc1ccc(N2CC(=O)CC2=O)nc1. The van der Waals surface area contributed by atoms with Crippen molar-refractivity contribution >= 4 is 17.5 Å². The molecule has 1 amide bonds. The van der Waals surface area contributed by atoms with Crippen molar-refractivity contribution in [1.82, 2.24) is 4.98 Å². The molecule has 14 heavy (non-hydrogen) atoms. The number of nitrogens with zero attached hydrogens (tertiary/aromatic N) is 2. The third-order valence-corrected chi connectivity index (χ3v) is 2.16. The van der Waals surface area contributed by atoms with E-state index in [2.05, 4.69) is 4.98 Å². The van der Waals surface area contributed by atoms with E-state index in [9.17, 15) is 9.59 Å². The van der Waals surface area contributed by atoms with E-state index in [4.69, 9.17) is 0 Å². The van der Waals surface area contributed by atoms with Crippen molar-refractivity contribution in [3.05, 3.63) is 23.9 Å². The second-order valence-corrected chi connectivity index (χ2v) is 3.39. The topological polar surface area (TPSA) is 50.3 Å². The Labute approximate surface area is 81.6 Å². The van der Waals surface area contributed by atoms with Crippen molar-refractivity contribution in [1.29, 1.82) is 0 Å². The Morgan fingerprint density at radius 2 is 2.14 bits per heavy atom. The van der Waals surface area contributed by atoms with Crippen LogP contribution in [-0.4, -0.2) is 23.2 Å². The predicted molar refractivity (Wildman–Crippen MR) is 51.0 cm³/mol. The Morgan fingerprint density at radius 1 is 1.36 bits per heavy atom. The lowest BCUT2D eigenvalue weighted by Crippen LogP contribution is -2.25. The van der Waals surface area contributed by atoms with Gasteiger partial charge in [0.1, 0.15) is 5.82 Å². The zero-order chi connectivity index (χ0) is 10.1. The zero-order valence-electron chi connectivity index (χ0n) is 7.86. The average Bonchev–Trinajstić information content (AvgIpc) is 2.47. The molecule has 1 aromatic heterocycles. The van der Waals surface area contributed by atoms with Crippen LogP contribution in [0.4, 0.5) is 5.82 Å². The fraction of sp³-hybridized carbons (Fsp3) is 0.300. The first-order valence-electron chi connectivity index (χ1n) is 4.41. The summed E-state index contributed by atoms with van der Waals surface area (Å²) in [5.41, 5.74) is 1.03. The van der Waals surface area contributed by atoms with Gasteiger partial charge in [-0.3, -0.25) is 14.5 Å². The van der Waals surface area contributed by atoms with Gasteiger partial charge in [-0.1, -0.05) is 6.07 Å². The van der Waals surface area contributed by atoms with Gasteiger partial charge in [-0.2, -0.15) is 0 Å². The van der Waals surface area contributed by atoms with Gasteiger partial charge in [-0.15, -0.1) is 0 Å². The maximum atomic E-state index is 11.3. The minimum Gasteiger partial charge on any atom is -0.297 e. The molecular formula is C10H10N2O2. The number of carbonyl (C=O) groups is 2. The maximum Gasteiger partial charge on any atom is 0.236 e.